The molecule has 25 heavy (non-hydrogen) atoms. The van der Waals surface area contributed by atoms with E-state index in [2.05, 4.69) is 5.32 Å². The highest BCUT2D eigenvalue weighted by atomic mass is 16.5. The molecule has 1 aromatic rings. The van der Waals surface area contributed by atoms with Crippen molar-refractivity contribution >= 4 is 17.8 Å². The number of hydrogen-bond donors (Lipinski definition) is 1. The number of esters is 1. The average molecular weight is 348 g/mol. The molecule has 1 saturated carbocycles. The number of benzene rings is 1. The lowest BCUT2D eigenvalue weighted by Crippen LogP contribution is -2.40. The van der Waals surface area contributed by atoms with Gasteiger partial charge < -0.3 is 19.7 Å². The minimum atomic E-state index is -0.517. The first-order valence-electron chi connectivity index (χ1n) is 8.32. The standard InChI is InChI=1S/C18H24N2O5/c1-13-3-7-15(8-4-13)24-10-9-18(23)25-12-17(22)20(2)11-16(21)19-14-5-6-14/h3-4,7-8,14H,5-6,9-12H2,1-2H3,(H,19,21). The molecule has 0 unspecified atom stereocenters. The number of nitrogens with one attached hydrogen (secondary N) is 1. The Kier molecular flexibility index (Phi) is 6.80. The van der Waals surface area contributed by atoms with Gasteiger partial charge in [0.2, 0.25) is 5.91 Å². The molecular formula is C18H24N2O5. The Bertz CT molecular complexity index is 610. The molecule has 1 fully saturated rings. The van der Waals surface area contributed by atoms with Crippen LogP contribution in [0.3, 0.4) is 0 Å². The number of likely N-dealkylation sites (N-methyl/N-ethyl adjacent to an activating group) is 1. The van der Waals surface area contributed by atoms with Crippen LogP contribution in [0.25, 0.3) is 0 Å². The summed E-state index contributed by atoms with van der Waals surface area (Å²) in [5.74, 6) is -0.456. The van der Waals surface area contributed by atoms with E-state index in [0.29, 0.717) is 5.75 Å². The predicted molar refractivity (Wildman–Crippen MR) is 91.1 cm³/mol. The summed E-state index contributed by atoms with van der Waals surface area (Å²) in [4.78, 5) is 36.3. The third kappa shape index (κ3) is 7.24. The number of carbonyl (C=O) groups excluding carboxylic acids is 3. The highest BCUT2D eigenvalue weighted by Gasteiger charge is 2.24. The fourth-order valence-corrected chi connectivity index (χ4v) is 2.02. The first-order valence-corrected chi connectivity index (χ1v) is 8.32. The van der Waals surface area contributed by atoms with Crippen molar-refractivity contribution in [1.29, 1.82) is 0 Å². The molecule has 0 atom stereocenters. The molecule has 1 aliphatic rings. The summed E-state index contributed by atoms with van der Waals surface area (Å²) in [5, 5.41) is 2.79. The summed E-state index contributed by atoms with van der Waals surface area (Å²) in [5.41, 5.74) is 1.13. The van der Waals surface area contributed by atoms with Gasteiger partial charge in [-0.15, -0.1) is 0 Å². The van der Waals surface area contributed by atoms with Gasteiger partial charge in [-0.05, 0) is 31.9 Å². The third-order valence-corrected chi connectivity index (χ3v) is 3.70. The van der Waals surface area contributed by atoms with E-state index in [1.807, 2.05) is 31.2 Å². The van der Waals surface area contributed by atoms with E-state index in [4.69, 9.17) is 9.47 Å². The average Bonchev–Trinajstić information content (AvgIpc) is 3.38. The van der Waals surface area contributed by atoms with Gasteiger partial charge in [0.05, 0.1) is 19.6 Å². The Balaban J connectivity index is 1.58. The third-order valence-electron chi connectivity index (χ3n) is 3.70. The summed E-state index contributed by atoms with van der Waals surface area (Å²) < 4.78 is 10.3. The quantitative estimate of drug-likeness (QED) is 0.674. The van der Waals surface area contributed by atoms with Crippen LogP contribution in [0.2, 0.25) is 0 Å². The molecule has 136 valence electrons. The van der Waals surface area contributed by atoms with Gasteiger partial charge in [-0.2, -0.15) is 0 Å². The predicted octanol–water partition coefficient (Wildman–Crippen LogP) is 1.04. The maximum Gasteiger partial charge on any atom is 0.309 e. The Hall–Kier alpha value is -2.57. The highest BCUT2D eigenvalue weighted by Crippen LogP contribution is 2.18. The minimum Gasteiger partial charge on any atom is -0.493 e. The summed E-state index contributed by atoms with van der Waals surface area (Å²) in [7, 11) is 1.50. The van der Waals surface area contributed by atoms with Crippen molar-refractivity contribution in [3.05, 3.63) is 29.8 Å². The number of carbonyl (C=O) groups is 3. The second-order valence-electron chi connectivity index (χ2n) is 6.16. The number of aryl methyl sites for hydroxylation is 1. The zero-order chi connectivity index (χ0) is 18.2. The highest BCUT2D eigenvalue weighted by molar-refractivity contribution is 5.86. The number of ether oxygens (including phenoxy) is 2. The van der Waals surface area contributed by atoms with E-state index in [1.165, 1.54) is 11.9 Å². The number of amides is 2. The van der Waals surface area contributed by atoms with E-state index in [9.17, 15) is 14.4 Å². The molecule has 1 aliphatic carbocycles. The van der Waals surface area contributed by atoms with Gasteiger partial charge in [0, 0.05) is 13.1 Å². The maximum absolute atomic E-state index is 11.8. The molecular weight excluding hydrogens is 324 g/mol. The lowest BCUT2D eigenvalue weighted by molar-refractivity contribution is -0.152. The molecule has 1 N–H and O–H groups in total. The fraction of sp³-hybridized carbons (Fsp3) is 0.500. The van der Waals surface area contributed by atoms with Crippen LogP contribution in [-0.2, 0) is 19.1 Å². The monoisotopic (exact) mass is 348 g/mol. The summed E-state index contributed by atoms with van der Waals surface area (Å²) in [6.07, 6.45) is 2.03. The second-order valence-corrected chi connectivity index (χ2v) is 6.16. The van der Waals surface area contributed by atoms with Crippen LogP contribution in [0, 0.1) is 6.92 Å². The Morgan fingerprint density at radius 3 is 2.52 bits per heavy atom. The van der Waals surface area contributed by atoms with Gasteiger partial charge in [0.25, 0.3) is 5.91 Å². The molecule has 0 bridgehead atoms. The number of rotatable bonds is 9. The number of nitrogens with zero attached hydrogens (tertiary/aromatic N) is 1. The van der Waals surface area contributed by atoms with Crippen molar-refractivity contribution in [2.75, 3.05) is 26.8 Å². The molecule has 2 rings (SSSR count). The molecule has 2 amide bonds. The smallest absolute Gasteiger partial charge is 0.309 e. The molecule has 0 aromatic heterocycles. The topological polar surface area (TPSA) is 84.9 Å². The second kappa shape index (κ2) is 9.05. The lowest BCUT2D eigenvalue weighted by atomic mass is 10.2. The van der Waals surface area contributed by atoms with Crippen molar-refractivity contribution in [3.63, 3.8) is 0 Å². The minimum absolute atomic E-state index is 0.0383. The van der Waals surface area contributed by atoms with E-state index in [-0.39, 0.29) is 38.1 Å². The van der Waals surface area contributed by atoms with Crippen LogP contribution in [0.5, 0.6) is 5.75 Å². The fourth-order valence-electron chi connectivity index (χ4n) is 2.02. The van der Waals surface area contributed by atoms with Gasteiger partial charge in [0.15, 0.2) is 6.61 Å². The van der Waals surface area contributed by atoms with E-state index >= 15 is 0 Å². The molecule has 0 heterocycles. The van der Waals surface area contributed by atoms with Crippen molar-refractivity contribution in [3.8, 4) is 5.75 Å². The zero-order valence-electron chi connectivity index (χ0n) is 14.6. The van der Waals surface area contributed by atoms with Crippen LogP contribution in [0.1, 0.15) is 24.8 Å². The summed E-state index contributed by atoms with van der Waals surface area (Å²) in [6.45, 7) is 1.74. The van der Waals surface area contributed by atoms with Crippen LogP contribution < -0.4 is 10.1 Å². The van der Waals surface area contributed by atoms with Crippen molar-refractivity contribution in [2.24, 2.45) is 0 Å². The summed E-state index contributed by atoms with van der Waals surface area (Å²) >= 11 is 0. The Morgan fingerprint density at radius 1 is 1.20 bits per heavy atom. The SMILES string of the molecule is Cc1ccc(OCCC(=O)OCC(=O)N(C)CC(=O)NC2CC2)cc1. The van der Waals surface area contributed by atoms with E-state index in [1.54, 1.807) is 0 Å². The van der Waals surface area contributed by atoms with Crippen LogP contribution >= 0.6 is 0 Å². The van der Waals surface area contributed by atoms with E-state index < -0.39 is 11.9 Å². The van der Waals surface area contributed by atoms with Crippen molar-refractivity contribution in [1.82, 2.24) is 10.2 Å². The molecule has 7 heteroatoms. The molecule has 1 aromatic carbocycles. The Morgan fingerprint density at radius 2 is 1.88 bits per heavy atom. The lowest BCUT2D eigenvalue weighted by Gasteiger charge is -2.16. The first kappa shape index (κ1) is 18.8. The van der Waals surface area contributed by atoms with Gasteiger partial charge in [-0.3, -0.25) is 14.4 Å². The van der Waals surface area contributed by atoms with E-state index in [0.717, 1.165) is 18.4 Å². The van der Waals surface area contributed by atoms with Gasteiger partial charge >= 0.3 is 5.97 Å². The Labute approximate surface area is 147 Å². The van der Waals surface area contributed by atoms with Crippen LogP contribution in [0.4, 0.5) is 0 Å². The number of hydrogen-bond acceptors (Lipinski definition) is 5. The molecule has 0 radical (unpaired) electrons. The summed E-state index contributed by atoms with van der Waals surface area (Å²) in [6, 6.07) is 7.74. The molecule has 7 nitrogen and oxygen atoms in total. The van der Waals surface area contributed by atoms with Gasteiger partial charge in [-0.25, -0.2) is 0 Å². The van der Waals surface area contributed by atoms with Crippen LogP contribution in [0.15, 0.2) is 24.3 Å². The van der Waals surface area contributed by atoms with Gasteiger partial charge in [0.1, 0.15) is 5.75 Å². The largest absolute Gasteiger partial charge is 0.493 e. The zero-order valence-corrected chi connectivity index (χ0v) is 14.6. The molecule has 0 spiro atoms. The maximum atomic E-state index is 11.8. The first-order chi connectivity index (χ1) is 11.9. The van der Waals surface area contributed by atoms with Crippen molar-refractivity contribution in [2.45, 2.75) is 32.2 Å². The van der Waals surface area contributed by atoms with Crippen LogP contribution in [-0.4, -0.2) is 55.5 Å². The normalized spacial score (nSPS) is 13.0. The van der Waals surface area contributed by atoms with Gasteiger partial charge in [-0.1, -0.05) is 17.7 Å². The molecule has 0 saturated heterocycles. The molecule has 0 aliphatic heterocycles. The van der Waals surface area contributed by atoms with Crippen molar-refractivity contribution < 1.29 is 23.9 Å².